The van der Waals surface area contributed by atoms with Gasteiger partial charge in [0.1, 0.15) is 6.10 Å². The normalized spacial score (nSPS) is 19.0. The second-order valence-electron chi connectivity index (χ2n) is 6.02. The van der Waals surface area contributed by atoms with E-state index in [0.717, 1.165) is 18.5 Å². The number of ether oxygens (including phenoxy) is 1. The van der Waals surface area contributed by atoms with Gasteiger partial charge in [0.2, 0.25) is 5.91 Å². The van der Waals surface area contributed by atoms with Crippen molar-refractivity contribution in [3.63, 3.8) is 0 Å². The Kier molecular flexibility index (Phi) is 3.37. The first kappa shape index (κ1) is 14.0. The zero-order valence-electron chi connectivity index (χ0n) is 12.7. The smallest absolute Gasteiger partial charge is 0.339 e. The third kappa shape index (κ3) is 2.50. The maximum Gasteiger partial charge on any atom is 0.339 e. The van der Waals surface area contributed by atoms with E-state index in [1.54, 1.807) is 6.07 Å². The van der Waals surface area contributed by atoms with Gasteiger partial charge < -0.3 is 9.64 Å². The first-order valence-electron chi connectivity index (χ1n) is 7.87. The third-order valence-corrected chi connectivity index (χ3v) is 4.62. The zero-order chi connectivity index (χ0) is 15.8. The summed E-state index contributed by atoms with van der Waals surface area (Å²) in [5.41, 5.74) is 3.92. The lowest BCUT2D eigenvalue weighted by Gasteiger charge is -2.29. The van der Waals surface area contributed by atoms with Gasteiger partial charge in [0.15, 0.2) is 0 Å². The van der Waals surface area contributed by atoms with Crippen molar-refractivity contribution in [2.45, 2.75) is 25.5 Å². The van der Waals surface area contributed by atoms with Gasteiger partial charge in [0.25, 0.3) is 0 Å². The molecular formula is C19H17NO3. The van der Waals surface area contributed by atoms with Crippen LogP contribution in [0, 0.1) is 0 Å². The van der Waals surface area contributed by atoms with E-state index in [2.05, 4.69) is 12.1 Å². The molecule has 2 aliphatic rings. The van der Waals surface area contributed by atoms with E-state index in [-0.39, 0.29) is 18.3 Å². The molecule has 0 fully saturated rings. The Morgan fingerprint density at radius 1 is 1.09 bits per heavy atom. The second-order valence-corrected chi connectivity index (χ2v) is 6.02. The van der Waals surface area contributed by atoms with Gasteiger partial charge in [-0.3, -0.25) is 4.79 Å². The highest BCUT2D eigenvalue weighted by molar-refractivity contribution is 5.94. The molecule has 0 bridgehead atoms. The molecule has 1 amide bonds. The molecule has 4 rings (SSSR count). The fourth-order valence-corrected chi connectivity index (χ4v) is 3.37. The van der Waals surface area contributed by atoms with Gasteiger partial charge in [0.05, 0.1) is 12.0 Å². The SMILES string of the molecule is O=C1OC(CC(=O)N2CCc3ccccc3C2)c2ccccc21. The van der Waals surface area contributed by atoms with Crippen LogP contribution in [-0.4, -0.2) is 23.3 Å². The average Bonchev–Trinajstić information content (AvgIpc) is 2.91. The predicted octanol–water partition coefficient (Wildman–Crippen LogP) is 2.87. The molecule has 23 heavy (non-hydrogen) atoms. The minimum Gasteiger partial charge on any atom is -0.453 e. The number of carbonyl (C=O) groups is 2. The van der Waals surface area contributed by atoms with Gasteiger partial charge in [-0.25, -0.2) is 4.79 Å². The highest BCUT2D eigenvalue weighted by Crippen LogP contribution is 2.33. The Bertz CT molecular complexity index is 784. The number of esters is 1. The molecule has 0 spiro atoms. The van der Waals surface area contributed by atoms with Crippen LogP contribution in [0.15, 0.2) is 48.5 Å². The molecule has 0 saturated carbocycles. The van der Waals surface area contributed by atoms with Crippen molar-refractivity contribution < 1.29 is 14.3 Å². The van der Waals surface area contributed by atoms with E-state index < -0.39 is 6.10 Å². The largest absolute Gasteiger partial charge is 0.453 e. The summed E-state index contributed by atoms with van der Waals surface area (Å²) in [6, 6.07) is 15.5. The van der Waals surface area contributed by atoms with E-state index in [1.807, 2.05) is 35.2 Å². The number of hydrogen-bond donors (Lipinski definition) is 0. The Morgan fingerprint density at radius 2 is 1.83 bits per heavy atom. The number of nitrogens with zero attached hydrogens (tertiary/aromatic N) is 1. The second kappa shape index (κ2) is 5.54. The van der Waals surface area contributed by atoms with E-state index >= 15 is 0 Å². The van der Waals surface area contributed by atoms with Crippen molar-refractivity contribution in [3.8, 4) is 0 Å². The van der Waals surface area contributed by atoms with Crippen molar-refractivity contribution in [2.24, 2.45) is 0 Å². The number of benzene rings is 2. The minimum atomic E-state index is -0.455. The minimum absolute atomic E-state index is 0.0361. The lowest BCUT2D eigenvalue weighted by molar-refractivity contribution is -0.134. The quantitative estimate of drug-likeness (QED) is 0.802. The maximum atomic E-state index is 12.6. The molecule has 4 nitrogen and oxygen atoms in total. The van der Waals surface area contributed by atoms with Crippen molar-refractivity contribution in [3.05, 3.63) is 70.8 Å². The van der Waals surface area contributed by atoms with Crippen molar-refractivity contribution in [1.82, 2.24) is 4.90 Å². The summed E-state index contributed by atoms with van der Waals surface area (Å²) in [5.74, 6) is -0.295. The topological polar surface area (TPSA) is 46.6 Å². The molecule has 2 aliphatic heterocycles. The van der Waals surface area contributed by atoms with Gasteiger partial charge in [-0.2, -0.15) is 0 Å². The number of carbonyl (C=O) groups excluding carboxylic acids is 2. The molecule has 4 heteroatoms. The van der Waals surface area contributed by atoms with E-state index in [1.165, 1.54) is 11.1 Å². The van der Waals surface area contributed by atoms with Crippen LogP contribution in [0.25, 0.3) is 0 Å². The van der Waals surface area contributed by atoms with Crippen LogP contribution in [0.3, 0.4) is 0 Å². The van der Waals surface area contributed by atoms with E-state index in [4.69, 9.17) is 4.74 Å². The van der Waals surface area contributed by atoms with E-state index in [9.17, 15) is 9.59 Å². The van der Waals surface area contributed by atoms with Crippen LogP contribution in [0.5, 0.6) is 0 Å². The summed E-state index contributed by atoms with van der Waals surface area (Å²) in [6.45, 7) is 1.36. The Morgan fingerprint density at radius 3 is 2.70 bits per heavy atom. The average molecular weight is 307 g/mol. The van der Waals surface area contributed by atoms with Crippen molar-refractivity contribution in [2.75, 3.05) is 6.54 Å². The van der Waals surface area contributed by atoms with E-state index in [0.29, 0.717) is 12.1 Å². The first-order chi connectivity index (χ1) is 11.2. The molecule has 0 aromatic heterocycles. The summed E-state index contributed by atoms with van der Waals surface area (Å²) >= 11 is 0. The molecule has 116 valence electrons. The van der Waals surface area contributed by atoms with Gasteiger partial charge in [-0.15, -0.1) is 0 Å². The molecule has 2 aromatic rings. The van der Waals surface area contributed by atoms with Crippen molar-refractivity contribution in [1.29, 1.82) is 0 Å². The van der Waals surface area contributed by atoms with Crippen LogP contribution in [0.2, 0.25) is 0 Å². The lowest BCUT2D eigenvalue weighted by Crippen LogP contribution is -2.36. The summed E-state index contributed by atoms with van der Waals surface area (Å²) < 4.78 is 5.38. The van der Waals surface area contributed by atoms with Crippen LogP contribution < -0.4 is 0 Å². The summed E-state index contributed by atoms with van der Waals surface area (Å²) in [7, 11) is 0. The number of cyclic esters (lactones) is 1. The molecule has 0 aliphatic carbocycles. The van der Waals surface area contributed by atoms with Gasteiger partial charge in [-0.1, -0.05) is 42.5 Å². The summed E-state index contributed by atoms with van der Waals surface area (Å²) in [5, 5.41) is 0. The van der Waals surface area contributed by atoms with Crippen LogP contribution in [-0.2, 0) is 22.5 Å². The van der Waals surface area contributed by atoms with Crippen LogP contribution in [0.1, 0.15) is 39.6 Å². The standard InChI is InChI=1S/C19H17NO3/c21-18(20-10-9-13-5-1-2-6-14(13)12-20)11-17-15-7-3-4-8-16(15)19(22)23-17/h1-8,17H,9-12H2. The molecule has 2 aromatic carbocycles. The predicted molar refractivity (Wildman–Crippen MR) is 84.8 cm³/mol. The summed E-state index contributed by atoms with van der Waals surface area (Å²) in [4.78, 5) is 26.3. The Balaban J connectivity index is 1.49. The van der Waals surface area contributed by atoms with Crippen molar-refractivity contribution >= 4 is 11.9 Å². The fourth-order valence-electron chi connectivity index (χ4n) is 3.37. The number of rotatable bonds is 2. The monoisotopic (exact) mass is 307 g/mol. The zero-order valence-corrected chi connectivity index (χ0v) is 12.7. The highest BCUT2D eigenvalue weighted by Gasteiger charge is 2.33. The Hall–Kier alpha value is -2.62. The molecular weight excluding hydrogens is 290 g/mol. The van der Waals surface area contributed by atoms with Gasteiger partial charge in [-0.05, 0) is 23.6 Å². The first-order valence-corrected chi connectivity index (χ1v) is 7.87. The number of hydrogen-bond acceptors (Lipinski definition) is 3. The third-order valence-electron chi connectivity index (χ3n) is 4.62. The Labute approximate surface area is 134 Å². The van der Waals surface area contributed by atoms with Gasteiger partial charge in [0, 0.05) is 18.7 Å². The maximum absolute atomic E-state index is 12.6. The number of amides is 1. The van der Waals surface area contributed by atoms with Gasteiger partial charge >= 0.3 is 5.97 Å². The molecule has 2 heterocycles. The molecule has 0 radical (unpaired) electrons. The molecule has 1 unspecified atom stereocenters. The number of fused-ring (bicyclic) bond motifs is 2. The van der Waals surface area contributed by atoms with Crippen LogP contribution in [0.4, 0.5) is 0 Å². The van der Waals surface area contributed by atoms with Crippen LogP contribution >= 0.6 is 0 Å². The molecule has 1 atom stereocenters. The molecule has 0 saturated heterocycles. The molecule has 0 N–H and O–H groups in total. The summed E-state index contributed by atoms with van der Waals surface area (Å²) in [6.07, 6.45) is 0.636. The fraction of sp³-hybridized carbons (Fsp3) is 0.263. The lowest BCUT2D eigenvalue weighted by atomic mass is 9.98. The highest BCUT2D eigenvalue weighted by atomic mass is 16.5.